The number of rotatable bonds is 5. The number of aromatic nitrogens is 2. The van der Waals surface area contributed by atoms with E-state index in [1.165, 1.54) is 0 Å². The maximum Gasteiger partial charge on any atom is 0.165 e. The Balaban J connectivity index is 2.52. The summed E-state index contributed by atoms with van der Waals surface area (Å²) in [5.74, 6) is 1.26. The predicted octanol–water partition coefficient (Wildman–Crippen LogP) is 4.10. The highest BCUT2D eigenvalue weighted by molar-refractivity contribution is 9.10. The first-order valence-electron chi connectivity index (χ1n) is 6.10. The predicted molar refractivity (Wildman–Crippen MR) is 82.1 cm³/mol. The third-order valence-corrected chi connectivity index (χ3v) is 3.92. The summed E-state index contributed by atoms with van der Waals surface area (Å²) in [4.78, 5) is 8.79. The van der Waals surface area contributed by atoms with Crippen molar-refractivity contribution in [3.05, 3.63) is 39.6 Å². The van der Waals surface area contributed by atoms with Crippen molar-refractivity contribution >= 4 is 27.5 Å². The molecule has 6 heteroatoms. The van der Waals surface area contributed by atoms with Crippen LogP contribution < -0.4 is 4.74 Å². The smallest absolute Gasteiger partial charge is 0.165 e. The molecular formula is C14H14BrClN2O2. The zero-order chi connectivity index (χ0) is 14.5. The van der Waals surface area contributed by atoms with Crippen LogP contribution in [0.15, 0.2) is 28.7 Å². The van der Waals surface area contributed by atoms with Crippen molar-refractivity contribution in [1.82, 2.24) is 9.97 Å². The molecule has 0 aliphatic heterocycles. The molecule has 2 aromatic rings. The molecule has 2 rings (SSSR count). The molecule has 1 heterocycles. The van der Waals surface area contributed by atoms with Gasteiger partial charge in [-0.3, -0.25) is 0 Å². The van der Waals surface area contributed by atoms with Gasteiger partial charge in [0.25, 0.3) is 0 Å². The number of para-hydroxylation sites is 1. The number of methoxy groups -OCH3 is 1. The van der Waals surface area contributed by atoms with Crippen molar-refractivity contribution in [2.45, 2.75) is 13.5 Å². The Kier molecular flexibility index (Phi) is 5.34. The summed E-state index contributed by atoms with van der Waals surface area (Å²) in [6, 6.07) is 7.60. The summed E-state index contributed by atoms with van der Waals surface area (Å²) in [6.07, 6.45) is 0. The Morgan fingerprint density at radius 1 is 1.25 bits per heavy atom. The first kappa shape index (κ1) is 15.2. The van der Waals surface area contributed by atoms with E-state index in [0.29, 0.717) is 34.4 Å². The molecule has 0 N–H and O–H groups in total. The van der Waals surface area contributed by atoms with Gasteiger partial charge in [-0.15, -0.1) is 0 Å². The van der Waals surface area contributed by atoms with Crippen LogP contribution in [-0.2, 0) is 11.3 Å². The molecule has 0 aliphatic rings. The average Bonchev–Trinajstić information content (AvgIpc) is 2.45. The highest BCUT2D eigenvalue weighted by Crippen LogP contribution is 2.31. The highest BCUT2D eigenvalue weighted by atomic mass is 79.9. The first-order chi connectivity index (χ1) is 9.67. The molecule has 1 aromatic heterocycles. The van der Waals surface area contributed by atoms with Gasteiger partial charge in [-0.1, -0.05) is 23.7 Å². The number of hydrogen-bond acceptors (Lipinski definition) is 4. The quantitative estimate of drug-likeness (QED) is 0.756. The third kappa shape index (κ3) is 3.29. The van der Waals surface area contributed by atoms with Crippen molar-refractivity contribution < 1.29 is 9.47 Å². The lowest BCUT2D eigenvalue weighted by Gasteiger charge is -2.11. The fraction of sp³-hybridized carbons (Fsp3) is 0.286. The summed E-state index contributed by atoms with van der Waals surface area (Å²) in [6.45, 7) is 2.86. The fourth-order valence-corrected chi connectivity index (χ4v) is 2.23. The topological polar surface area (TPSA) is 44.2 Å². The summed E-state index contributed by atoms with van der Waals surface area (Å²) >= 11 is 9.51. The van der Waals surface area contributed by atoms with Gasteiger partial charge in [-0.05, 0) is 35.0 Å². The van der Waals surface area contributed by atoms with Crippen LogP contribution >= 0.6 is 27.5 Å². The van der Waals surface area contributed by atoms with E-state index in [1.54, 1.807) is 7.11 Å². The molecule has 0 fully saturated rings. The van der Waals surface area contributed by atoms with E-state index < -0.39 is 0 Å². The van der Waals surface area contributed by atoms with Crippen molar-refractivity contribution in [3.8, 4) is 17.1 Å². The van der Waals surface area contributed by atoms with Crippen LogP contribution in [0.25, 0.3) is 11.4 Å². The molecule has 0 spiro atoms. The van der Waals surface area contributed by atoms with Crippen molar-refractivity contribution in [2.75, 3.05) is 13.7 Å². The largest absolute Gasteiger partial charge is 0.493 e. The molecule has 4 nitrogen and oxygen atoms in total. The second kappa shape index (κ2) is 7.02. The Morgan fingerprint density at radius 3 is 2.70 bits per heavy atom. The van der Waals surface area contributed by atoms with Gasteiger partial charge in [0, 0.05) is 7.11 Å². The number of nitrogens with zero attached hydrogens (tertiary/aromatic N) is 2. The van der Waals surface area contributed by atoms with Gasteiger partial charge in [-0.25, -0.2) is 9.97 Å². The van der Waals surface area contributed by atoms with Gasteiger partial charge in [0.1, 0.15) is 10.9 Å². The monoisotopic (exact) mass is 356 g/mol. The molecule has 106 valence electrons. The van der Waals surface area contributed by atoms with Gasteiger partial charge < -0.3 is 9.47 Å². The van der Waals surface area contributed by atoms with Gasteiger partial charge >= 0.3 is 0 Å². The molecular weight excluding hydrogens is 344 g/mol. The molecule has 0 atom stereocenters. The molecule has 0 bridgehead atoms. The van der Waals surface area contributed by atoms with Crippen LogP contribution in [0.3, 0.4) is 0 Å². The van der Waals surface area contributed by atoms with Crippen LogP contribution in [0, 0.1) is 0 Å². The molecule has 0 amide bonds. The van der Waals surface area contributed by atoms with Gasteiger partial charge in [0.15, 0.2) is 5.82 Å². The molecule has 20 heavy (non-hydrogen) atoms. The lowest BCUT2D eigenvalue weighted by molar-refractivity contribution is 0.181. The minimum Gasteiger partial charge on any atom is -0.493 e. The Morgan fingerprint density at radius 2 is 2.00 bits per heavy atom. The highest BCUT2D eigenvalue weighted by Gasteiger charge is 2.14. The lowest BCUT2D eigenvalue weighted by Crippen LogP contribution is -2.02. The maximum absolute atomic E-state index is 6.14. The number of ether oxygens (including phenoxy) is 2. The molecule has 0 saturated carbocycles. The van der Waals surface area contributed by atoms with Crippen LogP contribution in [0.1, 0.15) is 12.6 Å². The number of benzene rings is 1. The first-order valence-corrected chi connectivity index (χ1v) is 7.27. The maximum atomic E-state index is 6.14. The number of hydrogen-bond donors (Lipinski definition) is 0. The lowest BCUT2D eigenvalue weighted by atomic mass is 10.2. The number of halogens is 2. The summed E-state index contributed by atoms with van der Waals surface area (Å²) in [5.41, 5.74) is 1.51. The normalized spacial score (nSPS) is 10.6. The molecule has 0 radical (unpaired) electrons. The minimum atomic E-state index is 0.354. The van der Waals surface area contributed by atoms with E-state index >= 15 is 0 Å². The Labute approximate surface area is 131 Å². The van der Waals surface area contributed by atoms with Crippen molar-refractivity contribution in [1.29, 1.82) is 0 Å². The van der Waals surface area contributed by atoms with Crippen LogP contribution in [0.2, 0.25) is 5.15 Å². The SMILES string of the molecule is CCOc1ccccc1-c1nc(Cl)c(Br)c(COC)n1. The summed E-state index contributed by atoms with van der Waals surface area (Å²) in [5, 5.41) is 0.355. The minimum absolute atomic E-state index is 0.354. The summed E-state index contributed by atoms with van der Waals surface area (Å²) < 4.78 is 11.4. The van der Waals surface area contributed by atoms with Crippen molar-refractivity contribution in [2.24, 2.45) is 0 Å². The second-order valence-corrected chi connectivity index (χ2v) is 5.11. The van der Waals surface area contributed by atoms with E-state index in [-0.39, 0.29) is 0 Å². The van der Waals surface area contributed by atoms with E-state index in [2.05, 4.69) is 25.9 Å². The standard InChI is InChI=1S/C14H14BrClN2O2/c1-3-20-11-7-5-4-6-9(11)14-17-10(8-19-2)12(15)13(16)18-14/h4-7H,3,8H2,1-2H3. The molecule has 0 aliphatic carbocycles. The zero-order valence-electron chi connectivity index (χ0n) is 11.2. The van der Waals surface area contributed by atoms with Gasteiger partial charge in [0.2, 0.25) is 0 Å². The fourth-order valence-electron chi connectivity index (χ4n) is 1.75. The van der Waals surface area contributed by atoms with Crippen LogP contribution in [-0.4, -0.2) is 23.7 Å². The molecule has 0 unspecified atom stereocenters. The van der Waals surface area contributed by atoms with E-state index in [4.69, 9.17) is 21.1 Å². The van der Waals surface area contributed by atoms with Crippen molar-refractivity contribution in [3.63, 3.8) is 0 Å². The van der Waals surface area contributed by atoms with Crippen LogP contribution in [0.5, 0.6) is 5.75 Å². The Bertz CT molecular complexity index is 608. The average molecular weight is 358 g/mol. The van der Waals surface area contributed by atoms with E-state index in [0.717, 1.165) is 11.3 Å². The molecule has 0 saturated heterocycles. The zero-order valence-corrected chi connectivity index (χ0v) is 13.5. The molecule has 1 aromatic carbocycles. The Hall–Kier alpha value is -1.17. The van der Waals surface area contributed by atoms with Crippen LogP contribution in [0.4, 0.5) is 0 Å². The van der Waals surface area contributed by atoms with Gasteiger partial charge in [-0.2, -0.15) is 0 Å². The second-order valence-electron chi connectivity index (χ2n) is 3.96. The van der Waals surface area contributed by atoms with Gasteiger partial charge in [0.05, 0.1) is 28.9 Å². The van der Waals surface area contributed by atoms with E-state index in [9.17, 15) is 0 Å². The van der Waals surface area contributed by atoms with E-state index in [1.807, 2.05) is 31.2 Å². The summed E-state index contributed by atoms with van der Waals surface area (Å²) in [7, 11) is 1.61. The third-order valence-electron chi connectivity index (χ3n) is 2.59.